The van der Waals surface area contributed by atoms with Crippen LogP contribution in [0.4, 0.5) is 10.5 Å². The molecule has 0 spiro atoms. The molecule has 1 atom stereocenters. The van der Waals surface area contributed by atoms with Gasteiger partial charge in [0.05, 0.1) is 12.3 Å². The number of nitrogens with one attached hydrogen (secondary N) is 1. The van der Waals surface area contributed by atoms with Crippen molar-refractivity contribution in [2.24, 2.45) is 0 Å². The van der Waals surface area contributed by atoms with Gasteiger partial charge in [-0.05, 0) is 48.9 Å². The molecule has 1 aliphatic rings. The lowest BCUT2D eigenvalue weighted by molar-refractivity contribution is -0.118. The second kappa shape index (κ2) is 6.30. The second-order valence-electron chi connectivity index (χ2n) is 5.03. The molecule has 0 aliphatic carbocycles. The van der Waals surface area contributed by atoms with Gasteiger partial charge in [-0.2, -0.15) is 0 Å². The van der Waals surface area contributed by atoms with Crippen molar-refractivity contribution in [1.29, 1.82) is 0 Å². The Labute approximate surface area is 138 Å². The predicted octanol–water partition coefficient (Wildman–Crippen LogP) is 3.54. The molecule has 0 aromatic heterocycles. The Balaban J connectivity index is 1.85. The number of ether oxygens (including phenoxy) is 1. The molecule has 0 radical (unpaired) electrons. The number of anilines is 1. The van der Waals surface area contributed by atoms with Crippen LogP contribution in [0, 0.1) is 0 Å². The van der Waals surface area contributed by atoms with E-state index < -0.39 is 12.1 Å². The van der Waals surface area contributed by atoms with Crippen molar-refractivity contribution in [2.75, 3.05) is 11.5 Å². The van der Waals surface area contributed by atoms with Crippen molar-refractivity contribution in [3.8, 4) is 5.75 Å². The van der Waals surface area contributed by atoms with E-state index >= 15 is 0 Å². The summed E-state index contributed by atoms with van der Waals surface area (Å²) < 4.78 is 5.36. The molecule has 1 aliphatic heterocycles. The van der Waals surface area contributed by atoms with Crippen LogP contribution >= 0.6 is 11.6 Å². The molecule has 5 nitrogen and oxygen atoms in total. The fourth-order valence-electron chi connectivity index (χ4n) is 2.46. The van der Waals surface area contributed by atoms with Crippen LogP contribution in [0.15, 0.2) is 48.5 Å². The Kier molecular flexibility index (Phi) is 4.21. The molecule has 0 bridgehead atoms. The number of nitrogens with zero attached hydrogens (tertiary/aromatic N) is 1. The molecular weight excluding hydrogens is 316 g/mol. The number of amides is 3. The van der Waals surface area contributed by atoms with Gasteiger partial charge in [0.25, 0.3) is 5.91 Å². The van der Waals surface area contributed by atoms with Crippen LogP contribution in [0.2, 0.25) is 5.02 Å². The number of benzene rings is 2. The van der Waals surface area contributed by atoms with Gasteiger partial charge in [0.1, 0.15) is 11.8 Å². The van der Waals surface area contributed by atoms with E-state index in [0.717, 1.165) is 4.90 Å². The van der Waals surface area contributed by atoms with E-state index in [0.29, 0.717) is 28.6 Å². The van der Waals surface area contributed by atoms with E-state index in [1.165, 1.54) is 0 Å². The third kappa shape index (κ3) is 3.00. The van der Waals surface area contributed by atoms with E-state index in [4.69, 9.17) is 16.3 Å². The number of urea groups is 1. The Hall–Kier alpha value is -2.53. The number of halogens is 1. The largest absolute Gasteiger partial charge is 0.494 e. The second-order valence-corrected chi connectivity index (χ2v) is 5.47. The van der Waals surface area contributed by atoms with Crippen LogP contribution in [0.1, 0.15) is 18.5 Å². The van der Waals surface area contributed by atoms with Crippen LogP contribution in [-0.4, -0.2) is 18.5 Å². The number of hydrogen-bond acceptors (Lipinski definition) is 3. The molecule has 3 rings (SSSR count). The molecule has 1 heterocycles. The molecular formula is C17H15ClN2O3. The standard InChI is InChI=1S/C17H15ClN2O3/c1-2-23-14-9-7-13(8-10-14)20-16(21)15(19-17(20)22)11-3-5-12(18)6-4-11/h3-10,15H,2H2,1H3,(H,19,22). The molecule has 1 saturated heterocycles. The van der Waals surface area contributed by atoms with Crippen LogP contribution in [0.5, 0.6) is 5.75 Å². The number of rotatable bonds is 4. The summed E-state index contributed by atoms with van der Waals surface area (Å²) in [6.45, 7) is 2.45. The van der Waals surface area contributed by atoms with Crippen molar-refractivity contribution in [1.82, 2.24) is 5.32 Å². The van der Waals surface area contributed by atoms with Crippen molar-refractivity contribution < 1.29 is 14.3 Å². The lowest BCUT2D eigenvalue weighted by Crippen LogP contribution is -2.30. The molecule has 3 amide bonds. The Morgan fingerprint density at radius 1 is 1.09 bits per heavy atom. The van der Waals surface area contributed by atoms with Gasteiger partial charge in [0, 0.05) is 5.02 Å². The summed E-state index contributed by atoms with van der Waals surface area (Å²) in [5, 5.41) is 3.27. The average Bonchev–Trinajstić information content (AvgIpc) is 2.84. The summed E-state index contributed by atoms with van der Waals surface area (Å²) in [5.41, 5.74) is 1.20. The van der Waals surface area contributed by atoms with Crippen LogP contribution in [0.25, 0.3) is 0 Å². The van der Waals surface area contributed by atoms with Crippen LogP contribution in [-0.2, 0) is 4.79 Å². The monoisotopic (exact) mass is 330 g/mol. The molecule has 1 unspecified atom stereocenters. The van der Waals surface area contributed by atoms with E-state index in [-0.39, 0.29) is 5.91 Å². The summed E-state index contributed by atoms with van der Waals surface area (Å²) >= 11 is 5.85. The van der Waals surface area contributed by atoms with Gasteiger partial charge < -0.3 is 10.1 Å². The van der Waals surface area contributed by atoms with Crippen LogP contribution < -0.4 is 15.0 Å². The highest BCUT2D eigenvalue weighted by Gasteiger charge is 2.39. The molecule has 23 heavy (non-hydrogen) atoms. The first kappa shape index (κ1) is 15.4. The van der Waals surface area contributed by atoms with Crippen molar-refractivity contribution in [2.45, 2.75) is 13.0 Å². The normalized spacial score (nSPS) is 17.3. The molecule has 2 aromatic carbocycles. The zero-order valence-corrected chi connectivity index (χ0v) is 13.2. The first-order valence-corrected chi connectivity index (χ1v) is 7.60. The molecule has 118 valence electrons. The quantitative estimate of drug-likeness (QED) is 0.872. The molecule has 1 fully saturated rings. The minimum atomic E-state index is -0.702. The van der Waals surface area contributed by atoms with Gasteiger partial charge in [-0.1, -0.05) is 23.7 Å². The smallest absolute Gasteiger partial charge is 0.329 e. The zero-order chi connectivity index (χ0) is 16.4. The number of imide groups is 1. The summed E-state index contributed by atoms with van der Waals surface area (Å²) in [7, 11) is 0. The fraction of sp³-hybridized carbons (Fsp3) is 0.176. The maximum atomic E-state index is 12.6. The van der Waals surface area contributed by atoms with Gasteiger partial charge in [-0.25, -0.2) is 9.69 Å². The highest BCUT2D eigenvalue weighted by molar-refractivity contribution is 6.30. The fourth-order valence-corrected chi connectivity index (χ4v) is 2.59. The Bertz CT molecular complexity index is 729. The number of carbonyl (C=O) groups excluding carboxylic acids is 2. The van der Waals surface area contributed by atoms with Crippen molar-refractivity contribution >= 4 is 29.2 Å². The lowest BCUT2D eigenvalue weighted by atomic mass is 10.1. The van der Waals surface area contributed by atoms with Crippen LogP contribution in [0.3, 0.4) is 0 Å². The number of carbonyl (C=O) groups is 2. The van der Waals surface area contributed by atoms with E-state index in [9.17, 15) is 9.59 Å². The highest BCUT2D eigenvalue weighted by Crippen LogP contribution is 2.28. The highest BCUT2D eigenvalue weighted by atomic mass is 35.5. The third-order valence-electron chi connectivity index (χ3n) is 3.55. The summed E-state index contributed by atoms with van der Waals surface area (Å²) in [6.07, 6.45) is 0. The molecule has 6 heteroatoms. The summed E-state index contributed by atoms with van der Waals surface area (Å²) in [6, 6.07) is 12.5. The first-order chi connectivity index (χ1) is 11.1. The molecule has 1 N–H and O–H groups in total. The van der Waals surface area contributed by atoms with Gasteiger partial charge in [-0.3, -0.25) is 4.79 Å². The van der Waals surface area contributed by atoms with Gasteiger partial charge in [-0.15, -0.1) is 0 Å². The Morgan fingerprint density at radius 2 is 1.74 bits per heavy atom. The van der Waals surface area contributed by atoms with Crippen molar-refractivity contribution in [3.63, 3.8) is 0 Å². The minimum absolute atomic E-state index is 0.318. The number of hydrogen-bond donors (Lipinski definition) is 1. The van der Waals surface area contributed by atoms with E-state index in [1.807, 2.05) is 6.92 Å². The SMILES string of the molecule is CCOc1ccc(N2C(=O)NC(c3ccc(Cl)cc3)C2=O)cc1. The average molecular weight is 331 g/mol. The van der Waals surface area contributed by atoms with E-state index in [2.05, 4.69) is 5.32 Å². The predicted molar refractivity (Wildman–Crippen MR) is 87.8 cm³/mol. The van der Waals surface area contributed by atoms with Crippen molar-refractivity contribution in [3.05, 3.63) is 59.1 Å². The Morgan fingerprint density at radius 3 is 2.35 bits per heavy atom. The minimum Gasteiger partial charge on any atom is -0.494 e. The topological polar surface area (TPSA) is 58.6 Å². The first-order valence-electron chi connectivity index (χ1n) is 7.23. The third-order valence-corrected chi connectivity index (χ3v) is 3.80. The molecule has 2 aromatic rings. The van der Waals surface area contributed by atoms with Gasteiger partial charge in [0.2, 0.25) is 0 Å². The maximum absolute atomic E-state index is 12.6. The van der Waals surface area contributed by atoms with Gasteiger partial charge in [0.15, 0.2) is 0 Å². The zero-order valence-electron chi connectivity index (χ0n) is 12.5. The molecule has 0 saturated carbocycles. The summed E-state index contributed by atoms with van der Waals surface area (Å²) in [4.78, 5) is 25.9. The lowest BCUT2D eigenvalue weighted by Gasteiger charge is -2.14. The van der Waals surface area contributed by atoms with E-state index in [1.54, 1.807) is 48.5 Å². The van der Waals surface area contributed by atoms with Gasteiger partial charge >= 0.3 is 6.03 Å². The maximum Gasteiger partial charge on any atom is 0.329 e. The summed E-state index contributed by atoms with van der Waals surface area (Å²) in [5.74, 6) is 0.374.